The van der Waals surface area contributed by atoms with Gasteiger partial charge in [-0.25, -0.2) is 0 Å². The molecule has 0 radical (unpaired) electrons. The second-order valence-electron chi connectivity index (χ2n) is 3.37. The third kappa shape index (κ3) is 0.971. The number of aromatic nitrogens is 2. The molecule has 0 bridgehead atoms. The van der Waals surface area contributed by atoms with Gasteiger partial charge < -0.3 is 9.72 Å². The van der Waals surface area contributed by atoms with Crippen molar-refractivity contribution in [2.45, 2.75) is 5.92 Å². The van der Waals surface area contributed by atoms with Gasteiger partial charge in [0.2, 0.25) is 0 Å². The van der Waals surface area contributed by atoms with E-state index in [2.05, 4.69) is 16.0 Å². The van der Waals surface area contributed by atoms with Gasteiger partial charge in [0.1, 0.15) is 0 Å². The fourth-order valence-corrected chi connectivity index (χ4v) is 1.72. The first-order valence-electron chi connectivity index (χ1n) is 4.45. The van der Waals surface area contributed by atoms with E-state index >= 15 is 0 Å². The Morgan fingerprint density at radius 1 is 1.38 bits per heavy atom. The van der Waals surface area contributed by atoms with Crippen LogP contribution in [0.4, 0.5) is 0 Å². The van der Waals surface area contributed by atoms with Gasteiger partial charge in [-0.3, -0.25) is 4.98 Å². The van der Waals surface area contributed by atoms with Crippen LogP contribution in [0.1, 0.15) is 11.6 Å². The molecule has 0 amide bonds. The molecule has 3 heterocycles. The molecule has 0 aromatic carbocycles. The maximum atomic E-state index is 5.16. The van der Waals surface area contributed by atoms with E-state index in [1.54, 1.807) is 0 Å². The molecule has 0 spiro atoms. The molecule has 0 unspecified atom stereocenters. The number of H-pyrrole nitrogens is 1. The van der Waals surface area contributed by atoms with Gasteiger partial charge >= 0.3 is 0 Å². The van der Waals surface area contributed by atoms with Crippen LogP contribution >= 0.6 is 0 Å². The van der Waals surface area contributed by atoms with E-state index in [-0.39, 0.29) is 0 Å². The highest BCUT2D eigenvalue weighted by atomic mass is 16.5. The summed E-state index contributed by atoms with van der Waals surface area (Å²) >= 11 is 0. The molecule has 13 heavy (non-hydrogen) atoms. The van der Waals surface area contributed by atoms with Gasteiger partial charge in [-0.05, 0) is 12.1 Å². The zero-order valence-electron chi connectivity index (χ0n) is 7.16. The number of nitrogens with zero attached hydrogens (tertiary/aromatic N) is 1. The predicted octanol–water partition coefficient (Wildman–Crippen LogP) is 1.68. The second kappa shape index (κ2) is 2.57. The van der Waals surface area contributed by atoms with Crippen LogP contribution in [0.3, 0.4) is 0 Å². The van der Waals surface area contributed by atoms with E-state index in [1.807, 2.05) is 18.5 Å². The summed E-state index contributed by atoms with van der Waals surface area (Å²) < 4.78 is 5.16. The molecule has 2 aromatic rings. The van der Waals surface area contributed by atoms with E-state index < -0.39 is 0 Å². The summed E-state index contributed by atoms with van der Waals surface area (Å²) in [5.41, 5.74) is 2.34. The number of pyridine rings is 1. The van der Waals surface area contributed by atoms with Crippen LogP contribution in [-0.2, 0) is 4.74 Å². The standard InChI is InChI=1S/C10H10N2O/c1-3-11-9-2-4-12-10(8(1)9)7-5-13-6-7/h1-4,7,11H,5-6H2. The number of rotatable bonds is 1. The van der Waals surface area contributed by atoms with Gasteiger partial charge in [-0.15, -0.1) is 0 Å². The van der Waals surface area contributed by atoms with Crippen LogP contribution in [0.2, 0.25) is 0 Å². The Kier molecular flexibility index (Phi) is 1.40. The zero-order valence-corrected chi connectivity index (χ0v) is 7.16. The lowest BCUT2D eigenvalue weighted by molar-refractivity contribution is 0.00736. The molecular weight excluding hydrogens is 164 g/mol. The summed E-state index contributed by atoms with van der Waals surface area (Å²) in [6, 6.07) is 4.08. The molecular formula is C10H10N2O. The summed E-state index contributed by atoms with van der Waals surface area (Å²) in [5.74, 6) is 0.500. The first-order chi connectivity index (χ1) is 6.45. The molecule has 3 heteroatoms. The number of hydrogen-bond acceptors (Lipinski definition) is 2. The first kappa shape index (κ1) is 7.09. The molecule has 1 aliphatic heterocycles. The van der Waals surface area contributed by atoms with Crippen LogP contribution in [-0.4, -0.2) is 23.2 Å². The maximum absolute atomic E-state index is 5.16. The number of ether oxygens (including phenoxy) is 1. The van der Waals surface area contributed by atoms with Gasteiger partial charge in [0, 0.05) is 29.2 Å². The normalized spacial score (nSPS) is 17.5. The smallest absolute Gasteiger partial charge is 0.0574 e. The SMILES string of the molecule is c1cc2[nH]ccc2c(C2COC2)n1. The van der Waals surface area contributed by atoms with Crippen LogP contribution in [0, 0.1) is 0 Å². The fraction of sp³-hybridized carbons (Fsp3) is 0.300. The summed E-state index contributed by atoms with van der Waals surface area (Å²) in [6.45, 7) is 1.63. The molecule has 3 rings (SSSR count). The van der Waals surface area contributed by atoms with E-state index in [0.717, 1.165) is 18.7 Å². The van der Waals surface area contributed by atoms with Gasteiger partial charge in [-0.2, -0.15) is 0 Å². The van der Waals surface area contributed by atoms with Crippen molar-refractivity contribution in [3.05, 3.63) is 30.2 Å². The van der Waals surface area contributed by atoms with Crippen molar-refractivity contribution in [1.82, 2.24) is 9.97 Å². The summed E-state index contributed by atoms with van der Waals surface area (Å²) in [4.78, 5) is 7.58. The third-order valence-electron chi connectivity index (χ3n) is 2.53. The lowest BCUT2D eigenvalue weighted by Crippen LogP contribution is -2.26. The van der Waals surface area contributed by atoms with E-state index in [0.29, 0.717) is 5.92 Å². The summed E-state index contributed by atoms with van der Waals surface area (Å²) in [6.07, 6.45) is 3.81. The average molecular weight is 174 g/mol. The maximum Gasteiger partial charge on any atom is 0.0574 e. The monoisotopic (exact) mass is 174 g/mol. The molecule has 3 nitrogen and oxygen atoms in total. The van der Waals surface area contributed by atoms with Crippen molar-refractivity contribution < 1.29 is 4.74 Å². The molecule has 0 saturated carbocycles. The number of hydrogen-bond donors (Lipinski definition) is 1. The highest BCUT2D eigenvalue weighted by Crippen LogP contribution is 2.27. The van der Waals surface area contributed by atoms with Gasteiger partial charge in [0.15, 0.2) is 0 Å². The number of aromatic amines is 1. The van der Waals surface area contributed by atoms with E-state index in [4.69, 9.17) is 4.74 Å². The van der Waals surface area contributed by atoms with Gasteiger partial charge in [0.25, 0.3) is 0 Å². The Bertz CT molecular complexity index is 431. The van der Waals surface area contributed by atoms with Crippen LogP contribution in [0.15, 0.2) is 24.5 Å². The van der Waals surface area contributed by atoms with Crippen molar-refractivity contribution in [3.63, 3.8) is 0 Å². The first-order valence-corrected chi connectivity index (χ1v) is 4.45. The molecule has 0 aliphatic carbocycles. The molecule has 1 aliphatic rings. The lowest BCUT2D eigenvalue weighted by atomic mass is 10.0. The lowest BCUT2D eigenvalue weighted by Gasteiger charge is -2.25. The Morgan fingerprint density at radius 3 is 3.08 bits per heavy atom. The van der Waals surface area contributed by atoms with E-state index in [9.17, 15) is 0 Å². The van der Waals surface area contributed by atoms with Crippen molar-refractivity contribution in [3.8, 4) is 0 Å². The zero-order chi connectivity index (χ0) is 8.67. The Balaban J connectivity index is 2.20. The van der Waals surface area contributed by atoms with Crippen molar-refractivity contribution in [2.24, 2.45) is 0 Å². The van der Waals surface area contributed by atoms with Crippen molar-refractivity contribution >= 4 is 10.9 Å². The predicted molar refractivity (Wildman–Crippen MR) is 49.7 cm³/mol. The topological polar surface area (TPSA) is 37.9 Å². The Labute approximate surface area is 75.7 Å². The van der Waals surface area contributed by atoms with E-state index in [1.165, 1.54) is 11.1 Å². The summed E-state index contributed by atoms with van der Waals surface area (Å²) in [7, 11) is 0. The second-order valence-corrected chi connectivity index (χ2v) is 3.37. The van der Waals surface area contributed by atoms with Crippen LogP contribution in [0.25, 0.3) is 10.9 Å². The average Bonchev–Trinajstić information content (AvgIpc) is 2.49. The van der Waals surface area contributed by atoms with Gasteiger partial charge in [0.05, 0.1) is 18.9 Å². The quantitative estimate of drug-likeness (QED) is 0.714. The third-order valence-corrected chi connectivity index (χ3v) is 2.53. The van der Waals surface area contributed by atoms with Gasteiger partial charge in [-0.1, -0.05) is 0 Å². The minimum Gasteiger partial charge on any atom is -0.380 e. The molecule has 1 N–H and O–H groups in total. The molecule has 1 saturated heterocycles. The highest BCUT2D eigenvalue weighted by Gasteiger charge is 2.23. The molecule has 66 valence electrons. The van der Waals surface area contributed by atoms with Crippen molar-refractivity contribution in [1.29, 1.82) is 0 Å². The largest absolute Gasteiger partial charge is 0.380 e. The highest BCUT2D eigenvalue weighted by molar-refractivity contribution is 5.81. The molecule has 0 atom stereocenters. The number of fused-ring (bicyclic) bond motifs is 1. The minimum absolute atomic E-state index is 0.500. The van der Waals surface area contributed by atoms with Crippen LogP contribution < -0.4 is 0 Å². The fourth-order valence-electron chi connectivity index (χ4n) is 1.72. The minimum atomic E-state index is 0.500. The Hall–Kier alpha value is -1.35. The molecule has 2 aromatic heterocycles. The Morgan fingerprint density at radius 2 is 2.31 bits per heavy atom. The molecule has 1 fully saturated rings. The number of nitrogens with one attached hydrogen (secondary N) is 1. The van der Waals surface area contributed by atoms with Crippen LogP contribution in [0.5, 0.6) is 0 Å². The summed E-state index contributed by atoms with van der Waals surface area (Å²) in [5, 5.41) is 1.23. The van der Waals surface area contributed by atoms with Crippen molar-refractivity contribution in [2.75, 3.05) is 13.2 Å².